The van der Waals surface area contributed by atoms with Gasteiger partial charge in [-0.05, 0) is 25.4 Å². The minimum Gasteiger partial charge on any atom is -0.380 e. The lowest BCUT2D eigenvalue weighted by Crippen LogP contribution is -2.33. The number of hydrogen-bond donors (Lipinski definition) is 1. The molecule has 0 rings (SSSR count). The Bertz CT molecular complexity index is 172. The first-order valence-corrected chi connectivity index (χ1v) is 8.29. The van der Waals surface area contributed by atoms with E-state index in [1.165, 1.54) is 25.7 Å². The molecular formula is C16H36N2O. The van der Waals surface area contributed by atoms with Gasteiger partial charge in [0.1, 0.15) is 0 Å². The zero-order valence-electron chi connectivity index (χ0n) is 13.7. The van der Waals surface area contributed by atoms with E-state index >= 15 is 0 Å². The van der Waals surface area contributed by atoms with E-state index < -0.39 is 0 Å². The lowest BCUT2D eigenvalue weighted by Gasteiger charge is -2.18. The maximum atomic E-state index is 5.77. The second-order valence-corrected chi connectivity index (χ2v) is 5.27. The van der Waals surface area contributed by atoms with Crippen LogP contribution in [0, 0.1) is 5.92 Å². The summed E-state index contributed by atoms with van der Waals surface area (Å²) in [6.07, 6.45) is 5.20. The van der Waals surface area contributed by atoms with Gasteiger partial charge in [0.2, 0.25) is 0 Å². The molecule has 0 aromatic carbocycles. The molecule has 0 saturated carbocycles. The predicted octanol–water partition coefficient (Wildman–Crippen LogP) is 3.15. The zero-order valence-corrected chi connectivity index (χ0v) is 13.7. The van der Waals surface area contributed by atoms with Gasteiger partial charge in [-0.1, -0.05) is 47.0 Å². The molecule has 0 aliphatic carbocycles. The minimum absolute atomic E-state index is 0.760. The van der Waals surface area contributed by atoms with Gasteiger partial charge in [-0.2, -0.15) is 0 Å². The molecule has 3 heteroatoms. The standard InChI is InChI=1S/C16H36N2O/c1-5-9-10-16(6-2)15-19-14-12-17-11-13-18(7-3)8-4/h16-17H,5-15H2,1-4H3. The Kier molecular flexibility index (Phi) is 14.2. The lowest BCUT2D eigenvalue weighted by atomic mass is 10.0. The van der Waals surface area contributed by atoms with Crippen molar-refractivity contribution in [1.82, 2.24) is 10.2 Å². The quantitative estimate of drug-likeness (QED) is 0.492. The highest BCUT2D eigenvalue weighted by atomic mass is 16.5. The molecule has 116 valence electrons. The molecule has 0 fully saturated rings. The van der Waals surface area contributed by atoms with Crippen molar-refractivity contribution in [1.29, 1.82) is 0 Å². The predicted molar refractivity (Wildman–Crippen MR) is 84.8 cm³/mol. The van der Waals surface area contributed by atoms with Crippen molar-refractivity contribution >= 4 is 0 Å². The van der Waals surface area contributed by atoms with E-state index in [1.807, 2.05) is 0 Å². The van der Waals surface area contributed by atoms with Crippen molar-refractivity contribution in [3.8, 4) is 0 Å². The largest absolute Gasteiger partial charge is 0.380 e. The molecule has 0 aliphatic rings. The lowest BCUT2D eigenvalue weighted by molar-refractivity contribution is 0.0953. The number of likely N-dealkylation sites (N-methyl/N-ethyl adjacent to an activating group) is 1. The average Bonchev–Trinajstić information content (AvgIpc) is 2.45. The molecule has 1 N–H and O–H groups in total. The Morgan fingerprint density at radius 2 is 1.79 bits per heavy atom. The van der Waals surface area contributed by atoms with Crippen LogP contribution in [0.3, 0.4) is 0 Å². The molecule has 0 saturated heterocycles. The number of ether oxygens (including phenoxy) is 1. The third kappa shape index (κ3) is 11.4. The number of hydrogen-bond acceptors (Lipinski definition) is 3. The van der Waals surface area contributed by atoms with E-state index in [2.05, 4.69) is 37.9 Å². The molecule has 3 nitrogen and oxygen atoms in total. The molecule has 0 aromatic rings. The summed E-state index contributed by atoms with van der Waals surface area (Å²) in [5, 5.41) is 3.45. The van der Waals surface area contributed by atoms with Crippen molar-refractivity contribution in [2.75, 3.05) is 45.9 Å². The van der Waals surface area contributed by atoms with E-state index in [4.69, 9.17) is 4.74 Å². The monoisotopic (exact) mass is 272 g/mol. The van der Waals surface area contributed by atoms with Crippen molar-refractivity contribution < 1.29 is 4.74 Å². The van der Waals surface area contributed by atoms with Crippen molar-refractivity contribution in [3.05, 3.63) is 0 Å². The fourth-order valence-electron chi connectivity index (χ4n) is 2.19. The highest BCUT2D eigenvalue weighted by Crippen LogP contribution is 2.12. The fourth-order valence-corrected chi connectivity index (χ4v) is 2.19. The van der Waals surface area contributed by atoms with Gasteiger partial charge < -0.3 is 15.0 Å². The Morgan fingerprint density at radius 1 is 1.05 bits per heavy atom. The summed E-state index contributed by atoms with van der Waals surface area (Å²) in [7, 11) is 0. The Labute approximate surface area is 121 Å². The maximum absolute atomic E-state index is 5.77. The first-order valence-electron chi connectivity index (χ1n) is 8.29. The van der Waals surface area contributed by atoms with Gasteiger partial charge in [-0.25, -0.2) is 0 Å². The van der Waals surface area contributed by atoms with E-state index in [0.717, 1.165) is 51.9 Å². The van der Waals surface area contributed by atoms with E-state index in [9.17, 15) is 0 Å². The number of nitrogens with zero attached hydrogens (tertiary/aromatic N) is 1. The van der Waals surface area contributed by atoms with Crippen LogP contribution in [0.5, 0.6) is 0 Å². The molecular weight excluding hydrogens is 236 g/mol. The minimum atomic E-state index is 0.760. The average molecular weight is 272 g/mol. The highest BCUT2D eigenvalue weighted by Gasteiger charge is 2.05. The Balaban J connectivity index is 3.33. The highest BCUT2D eigenvalue weighted by molar-refractivity contribution is 4.57. The smallest absolute Gasteiger partial charge is 0.0591 e. The van der Waals surface area contributed by atoms with Crippen LogP contribution in [0.4, 0.5) is 0 Å². The van der Waals surface area contributed by atoms with E-state index in [-0.39, 0.29) is 0 Å². The molecule has 19 heavy (non-hydrogen) atoms. The second-order valence-electron chi connectivity index (χ2n) is 5.27. The first kappa shape index (κ1) is 18.9. The Morgan fingerprint density at radius 3 is 2.37 bits per heavy atom. The second kappa shape index (κ2) is 14.3. The maximum Gasteiger partial charge on any atom is 0.0591 e. The van der Waals surface area contributed by atoms with Crippen molar-refractivity contribution in [2.24, 2.45) is 5.92 Å². The van der Waals surface area contributed by atoms with Crippen molar-refractivity contribution in [2.45, 2.75) is 53.4 Å². The van der Waals surface area contributed by atoms with Gasteiger partial charge in [0.05, 0.1) is 6.61 Å². The van der Waals surface area contributed by atoms with Crippen LogP contribution in [-0.4, -0.2) is 50.8 Å². The SMILES string of the molecule is CCCCC(CC)COCCNCCN(CC)CC. The molecule has 0 aromatic heterocycles. The molecule has 0 bridgehead atoms. The fraction of sp³-hybridized carbons (Fsp3) is 1.00. The van der Waals surface area contributed by atoms with E-state index in [1.54, 1.807) is 0 Å². The summed E-state index contributed by atoms with van der Waals surface area (Å²) in [5.41, 5.74) is 0. The molecule has 0 aliphatic heterocycles. The summed E-state index contributed by atoms with van der Waals surface area (Å²) in [5.74, 6) is 0.760. The summed E-state index contributed by atoms with van der Waals surface area (Å²) >= 11 is 0. The van der Waals surface area contributed by atoms with Crippen LogP contribution in [0.25, 0.3) is 0 Å². The number of nitrogens with one attached hydrogen (secondary N) is 1. The van der Waals surface area contributed by atoms with Gasteiger partial charge in [0.25, 0.3) is 0 Å². The van der Waals surface area contributed by atoms with Gasteiger partial charge >= 0.3 is 0 Å². The Hall–Kier alpha value is -0.120. The van der Waals surface area contributed by atoms with Crippen LogP contribution in [0.1, 0.15) is 53.4 Å². The van der Waals surface area contributed by atoms with Crippen molar-refractivity contribution in [3.63, 3.8) is 0 Å². The molecule has 1 unspecified atom stereocenters. The molecule has 0 spiro atoms. The summed E-state index contributed by atoms with van der Waals surface area (Å²) < 4.78 is 5.77. The van der Waals surface area contributed by atoms with Crippen LogP contribution in [0.2, 0.25) is 0 Å². The van der Waals surface area contributed by atoms with Gasteiger partial charge in [0, 0.05) is 26.2 Å². The van der Waals surface area contributed by atoms with Gasteiger partial charge in [0.15, 0.2) is 0 Å². The number of rotatable bonds is 14. The zero-order chi connectivity index (χ0) is 14.3. The van der Waals surface area contributed by atoms with Crippen LogP contribution >= 0.6 is 0 Å². The van der Waals surface area contributed by atoms with Gasteiger partial charge in [-0.3, -0.25) is 0 Å². The van der Waals surface area contributed by atoms with Crippen LogP contribution in [-0.2, 0) is 4.74 Å². The van der Waals surface area contributed by atoms with Crippen LogP contribution in [0.15, 0.2) is 0 Å². The number of unbranched alkanes of at least 4 members (excludes halogenated alkanes) is 1. The van der Waals surface area contributed by atoms with Crippen LogP contribution < -0.4 is 5.32 Å². The summed E-state index contributed by atoms with van der Waals surface area (Å²) in [6.45, 7) is 16.2. The normalized spacial score (nSPS) is 13.1. The van der Waals surface area contributed by atoms with Gasteiger partial charge in [-0.15, -0.1) is 0 Å². The third-order valence-electron chi connectivity index (χ3n) is 3.82. The topological polar surface area (TPSA) is 24.5 Å². The molecule has 0 amide bonds. The summed E-state index contributed by atoms with van der Waals surface area (Å²) in [4.78, 5) is 2.44. The molecule has 0 heterocycles. The first-order chi connectivity index (χ1) is 9.28. The molecule has 1 atom stereocenters. The van der Waals surface area contributed by atoms with E-state index in [0.29, 0.717) is 0 Å². The summed E-state index contributed by atoms with van der Waals surface area (Å²) in [6, 6.07) is 0. The third-order valence-corrected chi connectivity index (χ3v) is 3.82. The molecule has 0 radical (unpaired) electrons.